The molecule has 100 valence electrons. The van der Waals surface area contributed by atoms with E-state index in [1.54, 1.807) is 26.1 Å². The molecular weight excluding hydrogens is 260 g/mol. The smallest absolute Gasteiger partial charge is 1.00 e. The molecule has 1 aromatic carbocycles. The Bertz CT molecular complexity index is 501. The maximum Gasteiger partial charge on any atom is 1.00 e. The van der Waals surface area contributed by atoms with Crippen LogP contribution >= 0.6 is 0 Å². The van der Waals surface area contributed by atoms with Crippen molar-refractivity contribution in [3.63, 3.8) is 0 Å². The fourth-order valence-corrected chi connectivity index (χ4v) is 2.15. The molecule has 20 heavy (non-hydrogen) atoms. The summed E-state index contributed by atoms with van der Waals surface area (Å²) in [6.07, 6.45) is 4.61. The Kier molecular flexibility index (Phi) is 8.25. The number of hydrogen-bond acceptors (Lipinski definition) is 2. The van der Waals surface area contributed by atoms with Gasteiger partial charge in [0.25, 0.3) is 0 Å². The molecule has 0 unspecified atom stereocenters. The molecule has 1 amide bonds. The zero-order valence-electron chi connectivity index (χ0n) is 12.8. The van der Waals surface area contributed by atoms with Crippen molar-refractivity contribution in [1.82, 2.24) is 4.90 Å². The second kappa shape index (κ2) is 8.55. The van der Waals surface area contributed by atoms with Crippen LogP contribution in [-0.4, -0.2) is 40.4 Å². The van der Waals surface area contributed by atoms with Gasteiger partial charge >= 0.3 is 29.6 Å². The molecule has 1 aliphatic carbocycles. The maximum atomic E-state index is 11.7. The minimum absolute atomic E-state index is 0. The third kappa shape index (κ3) is 4.69. The summed E-state index contributed by atoms with van der Waals surface area (Å²) in [5.41, 5.74) is 3.73. The van der Waals surface area contributed by atoms with Gasteiger partial charge in [-0.2, -0.15) is 0 Å². The topological polar surface area (TPSA) is 29.5 Å². The summed E-state index contributed by atoms with van der Waals surface area (Å²) in [7, 11) is 5.27. The van der Waals surface area contributed by atoms with Gasteiger partial charge in [-0.25, -0.2) is 0 Å². The number of carbonyl (C=O) groups excluding carboxylic acids is 1. The third-order valence-electron chi connectivity index (χ3n) is 3.30. The number of methoxy groups -OCH3 is 1. The Labute approximate surface area is 145 Å². The number of hydrogen-bond donors (Lipinski definition) is 0. The number of aryl methyl sites for hydroxylation is 1. The molecule has 3 nitrogen and oxygen atoms in total. The molecule has 1 aromatic rings. The fourth-order valence-electron chi connectivity index (χ4n) is 2.15. The number of carbonyl (C=O) groups is 1. The zero-order valence-corrected chi connectivity index (χ0v) is 14.8. The van der Waals surface area contributed by atoms with Gasteiger partial charge in [0, 0.05) is 20.5 Å². The first-order valence-corrected chi connectivity index (χ1v) is 6.16. The van der Waals surface area contributed by atoms with Crippen LogP contribution in [0.4, 0.5) is 0 Å². The molecule has 1 aliphatic rings. The first-order chi connectivity index (χ1) is 8.60. The molecule has 0 aromatic heterocycles. The first kappa shape index (κ1) is 19.3. The van der Waals surface area contributed by atoms with E-state index in [0.29, 0.717) is 6.42 Å². The van der Waals surface area contributed by atoms with Crippen molar-refractivity contribution in [2.45, 2.75) is 19.3 Å². The van der Waals surface area contributed by atoms with Gasteiger partial charge in [0.2, 0.25) is 5.91 Å². The Morgan fingerprint density at radius 1 is 1.30 bits per heavy atom. The van der Waals surface area contributed by atoms with Gasteiger partial charge in [-0.1, -0.05) is 17.7 Å². The molecule has 0 heterocycles. The summed E-state index contributed by atoms with van der Waals surface area (Å²) in [6, 6.07) is 6.11. The quantitative estimate of drug-likeness (QED) is 0.673. The van der Waals surface area contributed by atoms with E-state index in [1.807, 2.05) is 6.07 Å². The van der Waals surface area contributed by atoms with Crippen molar-refractivity contribution in [2.75, 3.05) is 21.2 Å². The predicted octanol–water partition coefficient (Wildman–Crippen LogP) is -0.874. The summed E-state index contributed by atoms with van der Waals surface area (Å²) < 4.78 is 5.22. The van der Waals surface area contributed by atoms with Crippen molar-refractivity contribution >= 4 is 20.4 Å². The van der Waals surface area contributed by atoms with Gasteiger partial charge in [0.15, 0.2) is 0 Å². The first-order valence-electron chi connectivity index (χ1n) is 6.16. The van der Waals surface area contributed by atoms with E-state index in [4.69, 9.17) is 4.74 Å². The summed E-state index contributed by atoms with van der Waals surface area (Å²) in [5.74, 6) is 1.06. The van der Waals surface area contributed by atoms with Crippen molar-refractivity contribution in [3.8, 4) is 5.75 Å². The Hall–Kier alpha value is -0.705. The fraction of sp³-hybridized carbons (Fsp3) is 0.400. The van der Waals surface area contributed by atoms with Crippen LogP contribution in [0.5, 0.6) is 5.75 Å². The molecule has 2 rings (SSSR count). The second-order valence-corrected chi connectivity index (χ2v) is 4.83. The second-order valence-electron chi connectivity index (χ2n) is 4.83. The largest absolute Gasteiger partial charge is 1.00 e. The van der Waals surface area contributed by atoms with E-state index in [0.717, 1.165) is 18.6 Å². The Morgan fingerprint density at radius 3 is 2.60 bits per heavy atom. The number of fused-ring (bicyclic) bond motifs is 1. The van der Waals surface area contributed by atoms with Crippen LogP contribution in [0, 0.1) is 0 Å². The molecule has 0 aliphatic heterocycles. The SMILES string of the molecule is COc1ccc2c(c1)CCC(CC(=O)N(C)C)=C2.[B-].[Na+]. The van der Waals surface area contributed by atoms with Gasteiger partial charge < -0.3 is 18.0 Å². The minimum Gasteiger partial charge on any atom is -1.00 e. The molecule has 0 bridgehead atoms. The van der Waals surface area contributed by atoms with E-state index in [1.165, 1.54) is 16.7 Å². The minimum atomic E-state index is 0. The molecule has 0 N–H and O–H groups in total. The van der Waals surface area contributed by atoms with E-state index < -0.39 is 0 Å². The normalized spacial score (nSPS) is 12.2. The third-order valence-corrected chi connectivity index (χ3v) is 3.30. The molecule has 0 atom stereocenters. The van der Waals surface area contributed by atoms with Crippen LogP contribution in [0.2, 0.25) is 0 Å². The summed E-state index contributed by atoms with van der Waals surface area (Å²) in [5, 5.41) is 0. The van der Waals surface area contributed by atoms with Crippen LogP contribution in [0.1, 0.15) is 24.0 Å². The number of nitrogens with zero attached hydrogens (tertiary/aromatic N) is 1. The summed E-state index contributed by atoms with van der Waals surface area (Å²) >= 11 is 0. The maximum absolute atomic E-state index is 11.7. The zero-order chi connectivity index (χ0) is 13.1. The molecular formula is C15H19BNNaO2. The van der Waals surface area contributed by atoms with E-state index in [-0.39, 0.29) is 43.9 Å². The number of benzene rings is 1. The average molecular weight is 279 g/mol. The van der Waals surface area contributed by atoms with Crippen LogP contribution < -0.4 is 34.3 Å². The van der Waals surface area contributed by atoms with Crippen molar-refractivity contribution in [1.29, 1.82) is 0 Å². The van der Waals surface area contributed by atoms with Gasteiger partial charge in [-0.05, 0) is 36.1 Å². The molecule has 5 heteroatoms. The van der Waals surface area contributed by atoms with Crippen LogP contribution in [0.3, 0.4) is 0 Å². The average Bonchev–Trinajstić information content (AvgIpc) is 2.37. The van der Waals surface area contributed by atoms with E-state index in [2.05, 4.69) is 18.2 Å². The van der Waals surface area contributed by atoms with Crippen molar-refractivity contribution in [2.24, 2.45) is 0 Å². The number of ether oxygens (including phenoxy) is 1. The van der Waals surface area contributed by atoms with Crippen molar-refractivity contribution < 1.29 is 39.1 Å². The van der Waals surface area contributed by atoms with Crippen molar-refractivity contribution in [3.05, 3.63) is 34.9 Å². The van der Waals surface area contributed by atoms with Gasteiger partial charge in [-0.15, -0.1) is 0 Å². The molecule has 0 saturated heterocycles. The van der Waals surface area contributed by atoms with Crippen LogP contribution in [-0.2, 0) is 11.2 Å². The molecule has 0 fully saturated rings. The predicted molar refractivity (Wildman–Crippen MR) is 78.4 cm³/mol. The Balaban J connectivity index is 0.00000180. The molecule has 4 radical (unpaired) electrons. The van der Waals surface area contributed by atoms with Crippen LogP contribution in [0.15, 0.2) is 23.8 Å². The standard InChI is InChI=1S/C15H19NO2.B.Na/c1-16(2)15(17)9-11-4-5-13-10-14(18-3)7-6-12(13)8-11;;/h6-8,10H,4-5,9H2,1-3H3;;/q;-1;+1. The summed E-state index contributed by atoms with van der Waals surface area (Å²) in [4.78, 5) is 13.3. The molecule has 0 spiro atoms. The van der Waals surface area contributed by atoms with E-state index >= 15 is 0 Å². The van der Waals surface area contributed by atoms with Gasteiger partial charge in [-0.3, -0.25) is 4.79 Å². The molecule has 0 saturated carbocycles. The number of rotatable bonds is 3. The number of amides is 1. The monoisotopic (exact) mass is 279 g/mol. The van der Waals surface area contributed by atoms with Gasteiger partial charge in [0.1, 0.15) is 5.75 Å². The van der Waals surface area contributed by atoms with Gasteiger partial charge in [0.05, 0.1) is 7.11 Å². The summed E-state index contributed by atoms with van der Waals surface area (Å²) in [6.45, 7) is 0. The van der Waals surface area contributed by atoms with E-state index in [9.17, 15) is 4.79 Å². The van der Waals surface area contributed by atoms with Crippen LogP contribution in [0.25, 0.3) is 6.08 Å². The Morgan fingerprint density at radius 2 is 2.00 bits per heavy atom.